The number of nitrogens with zero attached hydrogens (tertiary/aromatic N) is 4. The van der Waals surface area contributed by atoms with Crippen molar-refractivity contribution in [2.45, 2.75) is 6.18 Å². The molecule has 1 aromatic heterocycles. The highest BCUT2D eigenvalue weighted by molar-refractivity contribution is 6.30. The SMILES string of the molecule is O=C(c1cc(-c2ccc(Cl)cc2)on1)N1CCN(c2ccc(C(F)(F)F)cc2[N+](=O)[O-])CC1. The average Bonchev–Trinajstić information content (AvgIpc) is 3.28. The highest BCUT2D eigenvalue weighted by Gasteiger charge is 2.34. The summed E-state index contributed by atoms with van der Waals surface area (Å²) in [5.74, 6) is 0.0227. The molecule has 0 unspecified atom stereocenters. The lowest BCUT2D eigenvalue weighted by Gasteiger charge is -2.35. The van der Waals surface area contributed by atoms with E-state index in [9.17, 15) is 28.1 Å². The number of nitro groups is 1. The van der Waals surface area contributed by atoms with E-state index in [4.69, 9.17) is 16.1 Å². The van der Waals surface area contributed by atoms with Gasteiger partial charge in [-0.05, 0) is 36.4 Å². The van der Waals surface area contributed by atoms with E-state index in [2.05, 4.69) is 5.16 Å². The Hall–Kier alpha value is -3.60. The third-order valence-electron chi connectivity index (χ3n) is 5.27. The summed E-state index contributed by atoms with van der Waals surface area (Å²) in [6.45, 7) is 0.833. The molecule has 0 bridgehead atoms. The van der Waals surface area contributed by atoms with Crippen molar-refractivity contribution >= 4 is 28.9 Å². The quantitative estimate of drug-likeness (QED) is 0.390. The van der Waals surface area contributed by atoms with E-state index in [0.717, 1.165) is 12.1 Å². The Balaban J connectivity index is 1.45. The van der Waals surface area contributed by atoms with Gasteiger partial charge in [0.1, 0.15) is 5.69 Å². The topological polar surface area (TPSA) is 92.7 Å². The van der Waals surface area contributed by atoms with Crippen LogP contribution in [0.15, 0.2) is 53.1 Å². The molecule has 3 aromatic rings. The molecule has 2 aromatic carbocycles. The number of anilines is 1. The van der Waals surface area contributed by atoms with Crippen molar-refractivity contribution in [2.24, 2.45) is 0 Å². The third kappa shape index (κ3) is 4.77. The second kappa shape index (κ2) is 8.74. The van der Waals surface area contributed by atoms with Gasteiger partial charge in [-0.1, -0.05) is 16.8 Å². The van der Waals surface area contributed by atoms with E-state index < -0.39 is 22.4 Å². The Bertz CT molecular complexity index is 1190. The molecule has 0 saturated carbocycles. The number of hydrogen-bond acceptors (Lipinski definition) is 6. The summed E-state index contributed by atoms with van der Waals surface area (Å²) in [4.78, 5) is 26.4. The summed E-state index contributed by atoms with van der Waals surface area (Å²) < 4.78 is 44.1. The molecule has 8 nitrogen and oxygen atoms in total. The fraction of sp³-hybridized carbons (Fsp3) is 0.238. The van der Waals surface area contributed by atoms with E-state index in [0.29, 0.717) is 22.4 Å². The van der Waals surface area contributed by atoms with Crippen molar-refractivity contribution < 1.29 is 27.4 Å². The Labute approximate surface area is 190 Å². The summed E-state index contributed by atoms with van der Waals surface area (Å²) in [5, 5.41) is 15.7. The molecule has 1 fully saturated rings. The van der Waals surface area contributed by atoms with Crippen molar-refractivity contribution in [1.29, 1.82) is 0 Å². The van der Waals surface area contributed by atoms with Crippen molar-refractivity contribution in [2.75, 3.05) is 31.1 Å². The summed E-state index contributed by atoms with van der Waals surface area (Å²) in [6, 6.07) is 10.8. The van der Waals surface area contributed by atoms with Gasteiger partial charge in [0.25, 0.3) is 11.6 Å². The zero-order valence-corrected chi connectivity index (χ0v) is 17.6. The lowest BCUT2D eigenvalue weighted by atomic mass is 10.1. The second-order valence-electron chi connectivity index (χ2n) is 7.32. The van der Waals surface area contributed by atoms with Crippen LogP contribution in [-0.2, 0) is 6.18 Å². The van der Waals surface area contributed by atoms with E-state index >= 15 is 0 Å². The molecule has 12 heteroatoms. The summed E-state index contributed by atoms with van der Waals surface area (Å²) in [6.07, 6.45) is -4.68. The minimum Gasteiger partial charge on any atom is -0.362 e. The molecular formula is C21H16ClF3N4O4. The van der Waals surface area contributed by atoms with Gasteiger partial charge in [-0.15, -0.1) is 0 Å². The minimum atomic E-state index is -4.68. The number of piperazine rings is 1. The van der Waals surface area contributed by atoms with Crippen LogP contribution in [0.25, 0.3) is 11.3 Å². The molecule has 1 amide bonds. The number of nitro benzene ring substituents is 1. The summed E-state index contributed by atoms with van der Waals surface area (Å²) >= 11 is 5.87. The van der Waals surface area contributed by atoms with Gasteiger partial charge in [0.2, 0.25) is 0 Å². The standard InChI is InChI=1S/C21H16ClF3N4O4/c22-15-4-1-13(2-5-15)19-12-16(26-33-19)20(30)28-9-7-27(8-10-28)17-6-3-14(21(23,24)25)11-18(17)29(31)32/h1-6,11-12H,7-10H2. The molecular weight excluding hydrogens is 465 g/mol. The predicted octanol–water partition coefficient (Wildman–Crippen LogP) is 4.88. The Morgan fingerprint density at radius 2 is 1.73 bits per heavy atom. The lowest BCUT2D eigenvalue weighted by Crippen LogP contribution is -2.49. The number of aromatic nitrogens is 1. The van der Waals surface area contributed by atoms with Gasteiger partial charge in [-0.25, -0.2) is 0 Å². The first-order valence-electron chi connectivity index (χ1n) is 9.76. The fourth-order valence-corrected chi connectivity index (χ4v) is 3.68. The predicted molar refractivity (Wildman–Crippen MR) is 113 cm³/mol. The average molecular weight is 481 g/mol. The van der Waals surface area contributed by atoms with Crippen LogP contribution in [0.4, 0.5) is 24.5 Å². The summed E-state index contributed by atoms with van der Waals surface area (Å²) in [5.41, 5.74) is -0.839. The van der Waals surface area contributed by atoms with Crippen LogP contribution in [0.5, 0.6) is 0 Å². The number of rotatable bonds is 4. The second-order valence-corrected chi connectivity index (χ2v) is 7.76. The van der Waals surface area contributed by atoms with E-state index in [1.54, 1.807) is 29.2 Å². The highest BCUT2D eigenvalue weighted by Crippen LogP contribution is 2.37. The molecule has 0 atom stereocenters. The Morgan fingerprint density at radius 1 is 1.06 bits per heavy atom. The van der Waals surface area contributed by atoms with Crippen LogP contribution in [0.1, 0.15) is 16.1 Å². The molecule has 1 aliphatic heterocycles. The van der Waals surface area contributed by atoms with Crippen molar-refractivity contribution in [3.63, 3.8) is 0 Å². The molecule has 0 spiro atoms. The lowest BCUT2D eigenvalue weighted by molar-refractivity contribution is -0.384. The smallest absolute Gasteiger partial charge is 0.362 e. The fourth-order valence-electron chi connectivity index (χ4n) is 3.55. The van der Waals surface area contributed by atoms with Crippen LogP contribution >= 0.6 is 11.6 Å². The Kier molecular flexibility index (Phi) is 5.98. The molecule has 172 valence electrons. The van der Waals surface area contributed by atoms with Gasteiger partial charge in [-0.3, -0.25) is 14.9 Å². The normalized spacial score (nSPS) is 14.4. The first-order valence-corrected chi connectivity index (χ1v) is 10.1. The molecule has 0 N–H and O–H groups in total. The van der Waals surface area contributed by atoms with Crippen LogP contribution in [0, 0.1) is 10.1 Å². The maximum atomic E-state index is 12.9. The van der Waals surface area contributed by atoms with Gasteiger partial charge >= 0.3 is 6.18 Å². The number of alkyl halides is 3. The first-order chi connectivity index (χ1) is 15.6. The van der Waals surface area contributed by atoms with E-state index in [1.807, 2.05) is 0 Å². The largest absolute Gasteiger partial charge is 0.416 e. The molecule has 0 radical (unpaired) electrons. The van der Waals surface area contributed by atoms with Gasteiger partial charge < -0.3 is 14.3 Å². The van der Waals surface area contributed by atoms with Crippen molar-refractivity contribution in [3.8, 4) is 11.3 Å². The minimum absolute atomic E-state index is 0.0755. The maximum absolute atomic E-state index is 12.9. The van der Waals surface area contributed by atoms with E-state index in [-0.39, 0.29) is 43.5 Å². The van der Waals surface area contributed by atoms with Crippen LogP contribution in [0.2, 0.25) is 5.02 Å². The number of benzene rings is 2. The van der Waals surface area contributed by atoms with Gasteiger partial charge in [-0.2, -0.15) is 13.2 Å². The van der Waals surface area contributed by atoms with Crippen LogP contribution in [0.3, 0.4) is 0 Å². The summed E-state index contributed by atoms with van der Waals surface area (Å²) in [7, 11) is 0. The number of carbonyl (C=O) groups is 1. The molecule has 33 heavy (non-hydrogen) atoms. The van der Waals surface area contributed by atoms with Crippen molar-refractivity contribution in [3.05, 3.63) is 74.9 Å². The van der Waals surface area contributed by atoms with Crippen LogP contribution in [-0.4, -0.2) is 47.1 Å². The number of carbonyl (C=O) groups excluding carboxylic acids is 1. The molecule has 1 aliphatic rings. The molecule has 1 saturated heterocycles. The molecule has 0 aliphatic carbocycles. The molecule has 4 rings (SSSR count). The zero-order valence-electron chi connectivity index (χ0n) is 16.9. The van der Waals surface area contributed by atoms with Gasteiger partial charge in [0, 0.05) is 48.9 Å². The van der Waals surface area contributed by atoms with Crippen molar-refractivity contribution in [1.82, 2.24) is 10.1 Å². The number of amides is 1. The Morgan fingerprint density at radius 3 is 2.33 bits per heavy atom. The monoisotopic (exact) mass is 480 g/mol. The highest BCUT2D eigenvalue weighted by atomic mass is 35.5. The molecule has 2 heterocycles. The zero-order chi connectivity index (χ0) is 23.8. The van der Waals surface area contributed by atoms with Gasteiger partial charge in [0.15, 0.2) is 11.5 Å². The van der Waals surface area contributed by atoms with E-state index in [1.165, 1.54) is 11.0 Å². The van der Waals surface area contributed by atoms with Gasteiger partial charge in [0.05, 0.1) is 10.5 Å². The number of hydrogen-bond donors (Lipinski definition) is 0. The maximum Gasteiger partial charge on any atom is 0.416 e. The first kappa shape index (κ1) is 22.6. The third-order valence-corrected chi connectivity index (χ3v) is 5.52. The number of halogens is 4. The van der Waals surface area contributed by atoms with Crippen LogP contribution < -0.4 is 4.90 Å².